The van der Waals surface area contributed by atoms with Gasteiger partial charge in [-0.3, -0.25) is 9.59 Å². The van der Waals surface area contributed by atoms with Crippen LogP contribution in [-0.4, -0.2) is 95.6 Å². The van der Waals surface area contributed by atoms with Gasteiger partial charge in [0.25, 0.3) is 5.79 Å². The first-order chi connectivity index (χ1) is 21.5. The lowest BCUT2D eigenvalue weighted by molar-refractivity contribution is -0.358. The number of carbonyl (C=O) groups excluding carboxylic acids is 2. The molecule has 1 aromatic heterocycles. The van der Waals surface area contributed by atoms with Crippen molar-refractivity contribution in [1.29, 1.82) is 0 Å². The van der Waals surface area contributed by atoms with Crippen LogP contribution in [0.25, 0.3) is 10.8 Å². The lowest BCUT2D eigenvalue weighted by Crippen LogP contribution is -2.76. The quantitative estimate of drug-likeness (QED) is 0.149. The predicted molar refractivity (Wildman–Crippen MR) is 157 cm³/mol. The summed E-state index contributed by atoms with van der Waals surface area (Å²) in [6.45, 7) is 1.72. The van der Waals surface area contributed by atoms with Crippen molar-refractivity contribution < 1.29 is 49.7 Å². The molecule has 2 aliphatic carbocycles. The first-order valence-corrected chi connectivity index (χ1v) is 14.8. The van der Waals surface area contributed by atoms with Gasteiger partial charge in [-0.05, 0) is 73.1 Å². The summed E-state index contributed by atoms with van der Waals surface area (Å²) in [5.74, 6) is -3.84. The number of rotatable bonds is 0. The largest absolute Gasteiger partial charge is 0.507 e. The molecule has 3 aromatic rings. The Balaban J connectivity index is 1.44. The third kappa shape index (κ3) is 3.66. The van der Waals surface area contributed by atoms with Gasteiger partial charge in [0.1, 0.15) is 29.5 Å². The number of aromatic nitrogens is 1. The number of aryl methyl sites for hydroxylation is 1. The molecule has 6 bridgehead atoms. The van der Waals surface area contributed by atoms with Gasteiger partial charge in [0.2, 0.25) is 5.78 Å². The average molecular weight is 615 g/mol. The van der Waals surface area contributed by atoms with E-state index < -0.39 is 53.5 Å². The summed E-state index contributed by atoms with van der Waals surface area (Å²) in [6, 6.07) is 5.92. The minimum absolute atomic E-state index is 0.00871. The number of aliphatic hydroxyl groups excluding tert-OH is 5. The van der Waals surface area contributed by atoms with Gasteiger partial charge in [0.05, 0.1) is 23.3 Å². The SMILES string of the molecule is Cc1cc(O)c2c(c1)C(=O)c1c(c3cc4c(nccc14)NCC(O)CC1=C4C=CC5(O3)OC4(C(O)CC1)C(O)C(O)C5O)C2=O. The van der Waals surface area contributed by atoms with Crippen LogP contribution in [0.2, 0.25) is 0 Å². The molecule has 9 rings (SSSR count). The molecule has 7 unspecified atom stereocenters. The summed E-state index contributed by atoms with van der Waals surface area (Å²) in [4.78, 5) is 32.9. The number of aromatic hydroxyl groups is 1. The van der Waals surface area contributed by atoms with Crippen LogP contribution in [0.3, 0.4) is 0 Å². The highest BCUT2D eigenvalue weighted by Crippen LogP contribution is 2.53. The number of carbonyl (C=O) groups is 2. The third-order valence-electron chi connectivity index (χ3n) is 9.80. The van der Waals surface area contributed by atoms with Crippen molar-refractivity contribution in [3.05, 3.63) is 81.6 Å². The van der Waals surface area contributed by atoms with Crippen molar-refractivity contribution in [2.75, 3.05) is 11.9 Å². The molecular weight excluding hydrogens is 584 g/mol. The minimum Gasteiger partial charge on any atom is -0.507 e. The second kappa shape index (κ2) is 9.42. The summed E-state index contributed by atoms with van der Waals surface area (Å²) < 4.78 is 12.8. The van der Waals surface area contributed by atoms with E-state index in [2.05, 4.69) is 10.3 Å². The molecule has 1 fully saturated rings. The number of phenolic OH excluding ortho intramolecular Hbond substituents is 1. The van der Waals surface area contributed by atoms with E-state index in [0.29, 0.717) is 39.7 Å². The third-order valence-corrected chi connectivity index (χ3v) is 9.80. The summed E-state index contributed by atoms with van der Waals surface area (Å²) in [6.07, 6.45) is -2.85. The first-order valence-electron chi connectivity index (χ1n) is 14.8. The van der Waals surface area contributed by atoms with E-state index in [4.69, 9.17) is 9.47 Å². The Labute approximate surface area is 255 Å². The molecule has 4 aliphatic heterocycles. The van der Waals surface area contributed by atoms with Crippen molar-refractivity contribution in [3.8, 4) is 11.5 Å². The molecule has 45 heavy (non-hydrogen) atoms. The van der Waals surface area contributed by atoms with E-state index in [9.17, 15) is 40.2 Å². The number of pyridine rings is 1. The number of ketones is 2. The van der Waals surface area contributed by atoms with Gasteiger partial charge in [-0.2, -0.15) is 0 Å². The fourth-order valence-corrected chi connectivity index (χ4v) is 7.72. The smallest absolute Gasteiger partial charge is 0.260 e. The Kier molecular flexibility index (Phi) is 5.93. The fraction of sp³-hybridized carbons (Fsp3) is 0.364. The van der Waals surface area contributed by atoms with Gasteiger partial charge in [0.15, 0.2) is 17.5 Å². The van der Waals surface area contributed by atoms with Gasteiger partial charge in [0, 0.05) is 29.3 Å². The van der Waals surface area contributed by atoms with E-state index >= 15 is 0 Å². The van der Waals surface area contributed by atoms with E-state index in [1.54, 1.807) is 19.1 Å². The number of nitrogens with one attached hydrogen (secondary N) is 1. The molecule has 2 aromatic carbocycles. The van der Waals surface area contributed by atoms with Gasteiger partial charge in [-0.15, -0.1) is 0 Å². The number of anilines is 1. The zero-order valence-electron chi connectivity index (χ0n) is 24.0. The van der Waals surface area contributed by atoms with Crippen LogP contribution in [0.4, 0.5) is 5.82 Å². The van der Waals surface area contributed by atoms with Crippen LogP contribution in [0, 0.1) is 6.92 Å². The summed E-state index contributed by atoms with van der Waals surface area (Å²) in [7, 11) is 0. The zero-order valence-corrected chi connectivity index (χ0v) is 24.0. The van der Waals surface area contributed by atoms with Crippen LogP contribution in [-0.2, 0) is 4.74 Å². The fourth-order valence-electron chi connectivity index (χ4n) is 7.72. The molecule has 0 saturated carbocycles. The first kappa shape index (κ1) is 28.3. The zero-order chi connectivity index (χ0) is 31.6. The van der Waals surface area contributed by atoms with Crippen LogP contribution >= 0.6 is 0 Å². The maximum absolute atomic E-state index is 14.2. The normalized spacial score (nSPS) is 33.4. The van der Waals surface area contributed by atoms with Gasteiger partial charge < -0.3 is 45.4 Å². The van der Waals surface area contributed by atoms with E-state index in [1.165, 1.54) is 30.5 Å². The molecule has 7 N–H and O–H groups in total. The second-order valence-electron chi connectivity index (χ2n) is 12.5. The highest BCUT2D eigenvalue weighted by atomic mass is 16.7. The summed E-state index contributed by atoms with van der Waals surface area (Å²) >= 11 is 0. The number of fused-ring (bicyclic) bond motifs is 6. The van der Waals surface area contributed by atoms with Crippen molar-refractivity contribution in [2.24, 2.45) is 0 Å². The topological polar surface area (TPSA) is 199 Å². The van der Waals surface area contributed by atoms with Crippen molar-refractivity contribution in [2.45, 2.75) is 68.1 Å². The predicted octanol–water partition coefficient (Wildman–Crippen LogP) is 1.15. The van der Waals surface area contributed by atoms with Gasteiger partial charge in [-0.25, -0.2) is 4.98 Å². The molecule has 232 valence electrons. The number of phenols is 1. The number of aliphatic hydroxyl groups is 5. The highest BCUT2D eigenvalue weighted by molar-refractivity contribution is 6.34. The highest BCUT2D eigenvalue weighted by Gasteiger charge is 2.67. The lowest BCUT2D eigenvalue weighted by Gasteiger charge is -2.59. The second-order valence-corrected chi connectivity index (χ2v) is 12.5. The Hall–Kier alpha value is -4.17. The molecule has 5 heterocycles. The summed E-state index contributed by atoms with van der Waals surface area (Å²) in [5, 5.41) is 71.1. The number of nitrogens with zero attached hydrogens (tertiary/aromatic N) is 1. The summed E-state index contributed by atoms with van der Waals surface area (Å²) in [5.41, 5.74) is -0.770. The molecule has 0 radical (unpaired) electrons. The molecule has 2 spiro atoms. The molecular formula is C33H30N2O10. The Morgan fingerprint density at radius 2 is 1.78 bits per heavy atom. The maximum Gasteiger partial charge on any atom is 0.260 e. The minimum atomic E-state index is -2.25. The van der Waals surface area contributed by atoms with Crippen molar-refractivity contribution in [3.63, 3.8) is 0 Å². The van der Waals surface area contributed by atoms with Crippen LogP contribution in [0.15, 0.2) is 53.8 Å². The Morgan fingerprint density at radius 1 is 0.978 bits per heavy atom. The van der Waals surface area contributed by atoms with Crippen molar-refractivity contribution >= 4 is 28.2 Å². The van der Waals surface area contributed by atoms with Crippen molar-refractivity contribution in [1.82, 2.24) is 4.98 Å². The number of ether oxygens (including phenoxy) is 2. The molecule has 7 atom stereocenters. The Bertz CT molecular complexity index is 1920. The van der Waals surface area contributed by atoms with Crippen LogP contribution in [0.1, 0.15) is 56.7 Å². The Morgan fingerprint density at radius 3 is 2.58 bits per heavy atom. The molecule has 6 aliphatic rings. The van der Waals surface area contributed by atoms with Gasteiger partial charge in [-0.1, -0.05) is 11.6 Å². The van der Waals surface area contributed by atoms with E-state index in [-0.39, 0.29) is 53.1 Å². The number of benzene rings is 2. The number of hydrogen-bond donors (Lipinski definition) is 7. The molecule has 1 saturated heterocycles. The van der Waals surface area contributed by atoms with Gasteiger partial charge >= 0.3 is 0 Å². The maximum atomic E-state index is 14.2. The van der Waals surface area contributed by atoms with Crippen LogP contribution in [0.5, 0.6) is 11.5 Å². The monoisotopic (exact) mass is 614 g/mol. The molecule has 12 nitrogen and oxygen atoms in total. The number of hydrogen-bond acceptors (Lipinski definition) is 12. The van der Waals surface area contributed by atoms with E-state index in [1.807, 2.05) is 0 Å². The molecule has 12 heteroatoms. The van der Waals surface area contributed by atoms with Crippen LogP contribution < -0.4 is 10.1 Å². The average Bonchev–Trinajstić information content (AvgIpc) is 3.01. The molecule has 0 amide bonds. The van der Waals surface area contributed by atoms with E-state index in [0.717, 1.165) is 0 Å². The standard InChI is InChI=1S/C33H30N2O10/c1-13-8-18-23(20(37)9-13)27(40)25-21-11-17-16(24(25)26(18)39)5-7-34-31(17)35-12-15(36)10-14-2-3-22(38)33-19(14)4-6-32(44-21,45-33)29(42)28(41)30(33)43/h4-9,11,15,22,28-30,36-38,41-43H,2-3,10,12H2,1H3,(H,34,35). The lowest BCUT2D eigenvalue weighted by atomic mass is 9.66.